The molecule has 0 fully saturated rings. The van der Waals surface area contributed by atoms with Crippen LogP contribution in [0.4, 0.5) is 0 Å². The van der Waals surface area contributed by atoms with E-state index in [0.717, 1.165) is 21.9 Å². The van der Waals surface area contributed by atoms with E-state index in [1.54, 1.807) is 19.5 Å². The quantitative estimate of drug-likeness (QED) is 0.790. The molecule has 0 amide bonds. The van der Waals surface area contributed by atoms with Crippen molar-refractivity contribution in [1.29, 1.82) is 0 Å². The van der Waals surface area contributed by atoms with Gasteiger partial charge in [0.05, 0.1) is 7.11 Å². The Bertz CT molecular complexity index is 734. The smallest absolute Gasteiger partial charge is 0.125 e. The third-order valence-corrected chi connectivity index (χ3v) is 3.44. The molecule has 3 aromatic rings. The number of aliphatic hydroxyl groups is 1. The number of methoxy groups -OCH3 is 1. The molecule has 0 aliphatic rings. The molecule has 0 aliphatic carbocycles. The second-order valence-electron chi connectivity index (χ2n) is 4.59. The summed E-state index contributed by atoms with van der Waals surface area (Å²) < 4.78 is 5.33. The maximum atomic E-state index is 10.7. The van der Waals surface area contributed by atoms with Crippen LogP contribution in [0.25, 0.3) is 10.8 Å². The summed E-state index contributed by atoms with van der Waals surface area (Å²) in [6, 6.07) is 15.3. The lowest BCUT2D eigenvalue weighted by atomic mass is 9.96. The minimum absolute atomic E-state index is 0.686. The summed E-state index contributed by atoms with van der Waals surface area (Å²) in [5.41, 5.74) is 1.62. The third-order valence-electron chi connectivity index (χ3n) is 3.44. The van der Waals surface area contributed by atoms with Crippen LogP contribution in [0.2, 0.25) is 0 Å². The number of hydrogen-bond donors (Lipinski definition) is 1. The number of nitrogens with zero attached hydrogens (tertiary/aromatic N) is 1. The van der Waals surface area contributed by atoms with E-state index in [-0.39, 0.29) is 0 Å². The van der Waals surface area contributed by atoms with Crippen molar-refractivity contribution in [1.82, 2.24) is 4.98 Å². The van der Waals surface area contributed by atoms with Gasteiger partial charge in [-0.3, -0.25) is 4.98 Å². The monoisotopic (exact) mass is 265 g/mol. The topological polar surface area (TPSA) is 42.4 Å². The van der Waals surface area contributed by atoms with Gasteiger partial charge in [-0.1, -0.05) is 36.4 Å². The van der Waals surface area contributed by atoms with Gasteiger partial charge < -0.3 is 9.84 Å². The number of ether oxygens (including phenoxy) is 1. The van der Waals surface area contributed by atoms with Crippen LogP contribution in [-0.4, -0.2) is 17.2 Å². The molecule has 0 radical (unpaired) electrons. The molecule has 0 aliphatic heterocycles. The SMILES string of the molecule is COc1ccccc1C(O)c1cccc2cnccc12. The van der Waals surface area contributed by atoms with Gasteiger partial charge in [0.2, 0.25) is 0 Å². The summed E-state index contributed by atoms with van der Waals surface area (Å²) in [7, 11) is 1.61. The lowest BCUT2D eigenvalue weighted by Gasteiger charge is -2.16. The molecule has 3 rings (SSSR count). The second kappa shape index (κ2) is 5.31. The summed E-state index contributed by atoms with van der Waals surface area (Å²) in [5.74, 6) is 0.686. The lowest BCUT2D eigenvalue weighted by Crippen LogP contribution is -2.03. The predicted octanol–water partition coefficient (Wildman–Crippen LogP) is 3.33. The second-order valence-corrected chi connectivity index (χ2v) is 4.59. The normalized spacial score (nSPS) is 12.3. The van der Waals surface area contributed by atoms with Crippen molar-refractivity contribution >= 4 is 10.8 Å². The molecule has 100 valence electrons. The summed E-state index contributed by atoms with van der Waals surface area (Å²) in [4.78, 5) is 4.11. The molecule has 0 saturated heterocycles. The van der Waals surface area contributed by atoms with Gasteiger partial charge in [-0.25, -0.2) is 0 Å². The predicted molar refractivity (Wildman–Crippen MR) is 78.8 cm³/mol. The molecule has 0 spiro atoms. The molecule has 3 heteroatoms. The van der Waals surface area contributed by atoms with E-state index < -0.39 is 6.10 Å². The number of aromatic nitrogens is 1. The Balaban J connectivity index is 2.15. The Kier molecular flexibility index (Phi) is 3.35. The molecule has 1 N–H and O–H groups in total. The van der Waals surface area contributed by atoms with Gasteiger partial charge in [-0.15, -0.1) is 0 Å². The number of aliphatic hydroxyl groups excluding tert-OH is 1. The van der Waals surface area contributed by atoms with E-state index in [9.17, 15) is 5.11 Å². The number of para-hydroxylation sites is 1. The highest BCUT2D eigenvalue weighted by molar-refractivity contribution is 5.85. The summed E-state index contributed by atoms with van der Waals surface area (Å²) in [5, 5.41) is 12.7. The number of rotatable bonds is 3. The first-order valence-corrected chi connectivity index (χ1v) is 6.45. The van der Waals surface area contributed by atoms with Gasteiger partial charge in [0.1, 0.15) is 11.9 Å². The molecular weight excluding hydrogens is 250 g/mol. The standard InChI is InChI=1S/C17H15NO2/c1-20-16-8-3-2-6-15(16)17(19)14-7-4-5-12-11-18-10-9-13(12)14/h2-11,17,19H,1H3. The molecule has 0 saturated carbocycles. The summed E-state index contributed by atoms with van der Waals surface area (Å²) in [6.07, 6.45) is 2.81. The zero-order valence-corrected chi connectivity index (χ0v) is 11.2. The van der Waals surface area contributed by atoms with Crippen LogP contribution < -0.4 is 4.74 Å². The molecular formula is C17H15NO2. The fourth-order valence-corrected chi connectivity index (χ4v) is 2.45. The van der Waals surface area contributed by atoms with Crippen LogP contribution >= 0.6 is 0 Å². The van der Waals surface area contributed by atoms with Gasteiger partial charge in [-0.05, 0) is 23.1 Å². The molecule has 20 heavy (non-hydrogen) atoms. The fourth-order valence-electron chi connectivity index (χ4n) is 2.45. The van der Waals surface area contributed by atoms with Crippen LogP contribution in [0.5, 0.6) is 5.75 Å². The summed E-state index contributed by atoms with van der Waals surface area (Å²) in [6.45, 7) is 0. The molecule has 1 aromatic heterocycles. The Morgan fingerprint density at radius 2 is 1.80 bits per heavy atom. The van der Waals surface area contributed by atoms with Crippen molar-refractivity contribution in [2.24, 2.45) is 0 Å². The van der Waals surface area contributed by atoms with Crippen LogP contribution in [0.15, 0.2) is 60.9 Å². The molecule has 2 aromatic carbocycles. The van der Waals surface area contributed by atoms with Crippen molar-refractivity contribution < 1.29 is 9.84 Å². The van der Waals surface area contributed by atoms with E-state index in [1.807, 2.05) is 48.5 Å². The number of benzene rings is 2. The minimum Gasteiger partial charge on any atom is -0.496 e. The van der Waals surface area contributed by atoms with Crippen molar-refractivity contribution in [2.75, 3.05) is 7.11 Å². The number of pyridine rings is 1. The minimum atomic E-state index is -0.725. The zero-order valence-electron chi connectivity index (χ0n) is 11.2. The fraction of sp³-hybridized carbons (Fsp3) is 0.118. The van der Waals surface area contributed by atoms with E-state index in [4.69, 9.17) is 4.74 Å². The highest BCUT2D eigenvalue weighted by atomic mass is 16.5. The molecule has 1 heterocycles. The Morgan fingerprint density at radius 3 is 2.65 bits per heavy atom. The van der Waals surface area contributed by atoms with Gasteiger partial charge in [0.25, 0.3) is 0 Å². The van der Waals surface area contributed by atoms with E-state index in [2.05, 4.69) is 4.98 Å². The van der Waals surface area contributed by atoms with E-state index in [1.165, 1.54) is 0 Å². The Morgan fingerprint density at radius 1 is 1.00 bits per heavy atom. The Labute approximate surface area is 117 Å². The lowest BCUT2D eigenvalue weighted by molar-refractivity contribution is 0.216. The van der Waals surface area contributed by atoms with Crippen molar-refractivity contribution in [3.05, 3.63) is 72.1 Å². The van der Waals surface area contributed by atoms with Gasteiger partial charge >= 0.3 is 0 Å². The van der Waals surface area contributed by atoms with Crippen molar-refractivity contribution in [3.8, 4) is 5.75 Å². The van der Waals surface area contributed by atoms with E-state index >= 15 is 0 Å². The number of hydrogen-bond acceptors (Lipinski definition) is 3. The third kappa shape index (κ3) is 2.12. The van der Waals surface area contributed by atoms with Gasteiger partial charge in [0.15, 0.2) is 0 Å². The zero-order chi connectivity index (χ0) is 13.9. The first-order chi connectivity index (χ1) is 9.81. The average molecular weight is 265 g/mol. The van der Waals surface area contributed by atoms with Gasteiger partial charge in [0, 0.05) is 23.3 Å². The van der Waals surface area contributed by atoms with Crippen LogP contribution in [0, 0.1) is 0 Å². The molecule has 1 unspecified atom stereocenters. The van der Waals surface area contributed by atoms with Crippen molar-refractivity contribution in [3.63, 3.8) is 0 Å². The highest BCUT2D eigenvalue weighted by Gasteiger charge is 2.16. The maximum Gasteiger partial charge on any atom is 0.125 e. The largest absolute Gasteiger partial charge is 0.496 e. The first-order valence-electron chi connectivity index (χ1n) is 6.45. The van der Waals surface area contributed by atoms with E-state index in [0.29, 0.717) is 5.75 Å². The summed E-state index contributed by atoms with van der Waals surface area (Å²) >= 11 is 0. The van der Waals surface area contributed by atoms with Crippen LogP contribution in [0.1, 0.15) is 17.2 Å². The molecule has 1 atom stereocenters. The van der Waals surface area contributed by atoms with Crippen molar-refractivity contribution in [2.45, 2.75) is 6.10 Å². The molecule has 3 nitrogen and oxygen atoms in total. The number of fused-ring (bicyclic) bond motifs is 1. The Hall–Kier alpha value is -2.39. The van der Waals surface area contributed by atoms with Gasteiger partial charge in [-0.2, -0.15) is 0 Å². The maximum absolute atomic E-state index is 10.7. The molecule has 0 bridgehead atoms. The first kappa shape index (κ1) is 12.6. The highest BCUT2D eigenvalue weighted by Crippen LogP contribution is 2.33. The van der Waals surface area contributed by atoms with Crippen LogP contribution in [-0.2, 0) is 0 Å². The van der Waals surface area contributed by atoms with Crippen LogP contribution in [0.3, 0.4) is 0 Å². The average Bonchev–Trinajstić information content (AvgIpc) is 2.53.